The van der Waals surface area contributed by atoms with Gasteiger partial charge >= 0.3 is 0 Å². The Morgan fingerprint density at radius 2 is 1.82 bits per heavy atom. The highest BCUT2D eigenvalue weighted by atomic mass is 32.2. The van der Waals surface area contributed by atoms with Crippen molar-refractivity contribution in [3.05, 3.63) is 83.8 Å². The number of aromatic nitrogens is 1. The van der Waals surface area contributed by atoms with Gasteiger partial charge in [-0.3, -0.25) is 4.72 Å². The average molecular weight is 399 g/mol. The minimum absolute atomic E-state index is 0.00902. The lowest BCUT2D eigenvalue weighted by molar-refractivity contribution is 0.598. The Morgan fingerprint density at radius 1 is 1.07 bits per heavy atom. The summed E-state index contributed by atoms with van der Waals surface area (Å²) < 4.78 is 40.9. The summed E-state index contributed by atoms with van der Waals surface area (Å²) in [5.41, 5.74) is 1.79. The molecule has 0 unspecified atom stereocenters. The van der Waals surface area contributed by atoms with E-state index in [1.807, 2.05) is 25.1 Å². The summed E-state index contributed by atoms with van der Waals surface area (Å²) in [6.45, 7) is 5.04. The van der Waals surface area contributed by atoms with E-state index in [1.165, 1.54) is 30.8 Å². The molecule has 0 amide bonds. The topological polar surface area (TPSA) is 62.3 Å². The zero-order valence-electron chi connectivity index (χ0n) is 15.8. The number of hydrogen-bond acceptors (Lipinski definition) is 4. The number of hydrogen-bond donors (Lipinski definition) is 1. The first-order chi connectivity index (χ1) is 13.4. The molecule has 0 bridgehead atoms. The van der Waals surface area contributed by atoms with E-state index in [2.05, 4.69) is 26.7 Å². The first-order valence-corrected chi connectivity index (χ1v) is 10.4. The molecule has 1 aromatic heterocycles. The molecule has 3 aromatic rings. The molecule has 5 nitrogen and oxygen atoms in total. The number of benzene rings is 2. The SMILES string of the molecule is CCN(Cc1ccccc1)c1ccc(NS(=O)(=O)c2ccc(F)c(C)c2)cn1. The third kappa shape index (κ3) is 4.67. The normalized spacial score (nSPS) is 11.2. The van der Waals surface area contributed by atoms with E-state index in [4.69, 9.17) is 0 Å². The predicted octanol–water partition coefficient (Wildman–Crippen LogP) is 4.36. The van der Waals surface area contributed by atoms with Gasteiger partial charge in [0.25, 0.3) is 10.0 Å². The smallest absolute Gasteiger partial charge is 0.261 e. The van der Waals surface area contributed by atoms with Crippen molar-refractivity contribution >= 4 is 21.5 Å². The van der Waals surface area contributed by atoms with Gasteiger partial charge in [0.05, 0.1) is 16.8 Å². The maximum absolute atomic E-state index is 13.4. The second-order valence-electron chi connectivity index (χ2n) is 6.42. The fraction of sp³-hybridized carbons (Fsp3) is 0.190. The van der Waals surface area contributed by atoms with E-state index in [0.717, 1.165) is 18.4 Å². The van der Waals surface area contributed by atoms with Crippen molar-refractivity contribution in [2.75, 3.05) is 16.2 Å². The van der Waals surface area contributed by atoms with Crippen LogP contribution in [-0.4, -0.2) is 19.9 Å². The van der Waals surface area contributed by atoms with Crippen LogP contribution in [0.2, 0.25) is 0 Å². The zero-order chi connectivity index (χ0) is 20.1. The van der Waals surface area contributed by atoms with Gasteiger partial charge in [0.15, 0.2) is 0 Å². The number of rotatable bonds is 7. The maximum Gasteiger partial charge on any atom is 0.261 e. The van der Waals surface area contributed by atoms with Crippen molar-refractivity contribution < 1.29 is 12.8 Å². The number of pyridine rings is 1. The molecule has 0 aliphatic carbocycles. The Labute approximate surface area is 164 Å². The zero-order valence-corrected chi connectivity index (χ0v) is 16.6. The minimum atomic E-state index is -3.81. The second kappa shape index (κ2) is 8.39. The van der Waals surface area contributed by atoms with E-state index in [1.54, 1.807) is 12.1 Å². The van der Waals surface area contributed by atoms with Gasteiger partial charge in [0.2, 0.25) is 0 Å². The van der Waals surface area contributed by atoms with E-state index >= 15 is 0 Å². The summed E-state index contributed by atoms with van der Waals surface area (Å²) in [4.78, 5) is 6.50. The average Bonchev–Trinajstić information content (AvgIpc) is 2.69. The van der Waals surface area contributed by atoms with Crippen molar-refractivity contribution in [2.45, 2.75) is 25.3 Å². The largest absolute Gasteiger partial charge is 0.353 e. The molecule has 0 radical (unpaired) electrons. The molecule has 0 aliphatic heterocycles. The van der Waals surface area contributed by atoms with E-state index < -0.39 is 15.8 Å². The third-order valence-electron chi connectivity index (χ3n) is 4.36. The van der Waals surface area contributed by atoms with Crippen LogP contribution in [-0.2, 0) is 16.6 Å². The number of nitrogens with one attached hydrogen (secondary N) is 1. The monoisotopic (exact) mass is 399 g/mol. The van der Waals surface area contributed by atoms with Crippen LogP contribution >= 0.6 is 0 Å². The molecule has 3 rings (SSSR count). The summed E-state index contributed by atoms with van der Waals surface area (Å²) >= 11 is 0. The Balaban J connectivity index is 1.75. The van der Waals surface area contributed by atoms with Crippen LogP contribution < -0.4 is 9.62 Å². The maximum atomic E-state index is 13.4. The number of nitrogens with zero attached hydrogens (tertiary/aromatic N) is 2. The molecule has 146 valence electrons. The quantitative estimate of drug-likeness (QED) is 0.641. The van der Waals surface area contributed by atoms with Gasteiger partial charge in [-0.25, -0.2) is 17.8 Å². The molecule has 0 atom stereocenters. The van der Waals surface area contributed by atoms with Crippen LogP contribution in [0.4, 0.5) is 15.9 Å². The van der Waals surface area contributed by atoms with Crippen LogP contribution in [0.3, 0.4) is 0 Å². The Morgan fingerprint density at radius 3 is 2.43 bits per heavy atom. The van der Waals surface area contributed by atoms with Crippen molar-refractivity contribution in [3.8, 4) is 0 Å². The number of anilines is 2. The third-order valence-corrected chi connectivity index (χ3v) is 5.74. The lowest BCUT2D eigenvalue weighted by Gasteiger charge is -2.22. The predicted molar refractivity (Wildman–Crippen MR) is 109 cm³/mol. The molecule has 7 heteroatoms. The first-order valence-electron chi connectivity index (χ1n) is 8.93. The standard InChI is InChI=1S/C21H22FN3O2S/c1-3-25(15-17-7-5-4-6-8-17)21-12-9-18(14-23-21)24-28(26,27)19-10-11-20(22)16(2)13-19/h4-14,24H,3,15H2,1-2H3. The molecular weight excluding hydrogens is 377 g/mol. The number of aryl methyl sites for hydroxylation is 1. The highest BCUT2D eigenvalue weighted by Crippen LogP contribution is 2.21. The summed E-state index contributed by atoms with van der Waals surface area (Å²) in [6, 6.07) is 17.2. The molecule has 2 aromatic carbocycles. The first kappa shape index (κ1) is 19.8. The van der Waals surface area contributed by atoms with Crippen LogP contribution in [0, 0.1) is 12.7 Å². The molecule has 0 spiro atoms. The summed E-state index contributed by atoms with van der Waals surface area (Å²) in [7, 11) is -3.81. The van der Waals surface area contributed by atoms with Gasteiger partial charge in [0, 0.05) is 13.1 Å². The molecule has 28 heavy (non-hydrogen) atoms. The molecule has 1 N–H and O–H groups in total. The number of sulfonamides is 1. The van der Waals surface area contributed by atoms with Crippen molar-refractivity contribution in [1.29, 1.82) is 0 Å². The van der Waals surface area contributed by atoms with Crippen molar-refractivity contribution in [2.24, 2.45) is 0 Å². The van der Waals surface area contributed by atoms with Crippen molar-refractivity contribution in [1.82, 2.24) is 4.98 Å². The Bertz CT molecular complexity index is 1040. The second-order valence-corrected chi connectivity index (χ2v) is 8.10. The summed E-state index contributed by atoms with van der Waals surface area (Å²) in [5, 5.41) is 0. The fourth-order valence-electron chi connectivity index (χ4n) is 2.79. The lowest BCUT2D eigenvalue weighted by atomic mass is 10.2. The minimum Gasteiger partial charge on any atom is -0.353 e. The van der Waals surface area contributed by atoms with Crippen LogP contribution in [0.25, 0.3) is 0 Å². The van der Waals surface area contributed by atoms with Gasteiger partial charge in [-0.15, -0.1) is 0 Å². The molecule has 0 aliphatic rings. The van der Waals surface area contributed by atoms with Gasteiger partial charge in [0.1, 0.15) is 11.6 Å². The molecule has 1 heterocycles. The number of halogens is 1. The van der Waals surface area contributed by atoms with Gasteiger partial charge in [-0.2, -0.15) is 0 Å². The van der Waals surface area contributed by atoms with E-state index in [9.17, 15) is 12.8 Å². The van der Waals surface area contributed by atoms with Crippen molar-refractivity contribution in [3.63, 3.8) is 0 Å². The highest BCUT2D eigenvalue weighted by Gasteiger charge is 2.16. The van der Waals surface area contributed by atoms with Crippen LogP contribution in [0.15, 0.2) is 71.8 Å². The van der Waals surface area contributed by atoms with Crippen LogP contribution in [0.1, 0.15) is 18.1 Å². The fourth-order valence-corrected chi connectivity index (χ4v) is 3.92. The summed E-state index contributed by atoms with van der Waals surface area (Å²) in [6.07, 6.45) is 1.48. The molecule has 0 fully saturated rings. The highest BCUT2D eigenvalue weighted by molar-refractivity contribution is 7.92. The molecule has 0 saturated carbocycles. The van der Waals surface area contributed by atoms with E-state index in [0.29, 0.717) is 12.2 Å². The van der Waals surface area contributed by atoms with Crippen LogP contribution in [0.5, 0.6) is 0 Å². The summed E-state index contributed by atoms with van der Waals surface area (Å²) in [5.74, 6) is 0.315. The Hall–Kier alpha value is -2.93. The van der Waals surface area contributed by atoms with Gasteiger partial charge < -0.3 is 4.90 Å². The van der Waals surface area contributed by atoms with E-state index in [-0.39, 0.29) is 10.5 Å². The van der Waals surface area contributed by atoms with Gasteiger partial charge in [-0.05, 0) is 55.3 Å². The van der Waals surface area contributed by atoms with Gasteiger partial charge in [-0.1, -0.05) is 30.3 Å². The molecular formula is C21H22FN3O2S. The molecule has 0 saturated heterocycles. The Kier molecular flexibility index (Phi) is 5.94. The lowest BCUT2D eigenvalue weighted by Crippen LogP contribution is -2.23.